The van der Waals surface area contributed by atoms with Gasteiger partial charge in [0.05, 0.1) is 18.8 Å². The Labute approximate surface area is 216 Å². The number of carbonyl (C=O) groups excluding carboxylic acids is 4. The third-order valence-corrected chi connectivity index (χ3v) is 5.08. The zero-order chi connectivity index (χ0) is 26.1. The van der Waals surface area contributed by atoms with Gasteiger partial charge in [0, 0.05) is 15.7 Å². The Kier molecular flexibility index (Phi) is 9.20. The van der Waals surface area contributed by atoms with Crippen LogP contribution in [0.1, 0.15) is 30.0 Å². The van der Waals surface area contributed by atoms with Gasteiger partial charge in [-0.05, 0) is 42.8 Å². The van der Waals surface area contributed by atoms with Crippen LogP contribution in [0.5, 0.6) is 0 Å². The first kappa shape index (κ1) is 26.5. The van der Waals surface area contributed by atoms with Crippen LogP contribution in [0.4, 0.5) is 5.69 Å². The van der Waals surface area contributed by atoms with Crippen molar-refractivity contribution >= 4 is 58.7 Å². The highest BCUT2D eigenvalue weighted by Crippen LogP contribution is 2.22. The molecular formula is C24H21Cl2N5O5. The van der Waals surface area contributed by atoms with Crippen LogP contribution >= 0.6 is 23.2 Å². The summed E-state index contributed by atoms with van der Waals surface area (Å²) < 4.78 is 5.45. The van der Waals surface area contributed by atoms with Crippen LogP contribution in [-0.4, -0.2) is 29.8 Å². The zero-order valence-corrected chi connectivity index (χ0v) is 20.4. The minimum atomic E-state index is -0.944. The highest BCUT2D eigenvalue weighted by atomic mass is 35.5. The Bertz CT molecular complexity index is 1270. The van der Waals surface area contributed by atoms with Crippen molar-refractivity contribution in [1.29, 1.82) is 0 Å². The molecule has 12 heteroatoms. The van der Waals surface area contributed by atoms with Crippen LogP contribution in [0.3, 0.4) is 0 Å². The van der Waals surface area contributed by atoms with Gasteiger partial charge in [0.25, 0.3) is 0 Å². The molecule has 1 atom stereocenters. The van der Waals surface area contributed by atoms with Crippen molar-refractivity contribution in [3.05, 3.63) is 87.8 Å². The average molecular weight is 530 g/mol. The molecule has 0 unspecified atom stereocenters. The second-order valence-electron chi connectivity index (χ2n) is 7.40. The van der Waals surface area contributed by atoms with Crippen molar-refractivity contribution in [3.63, 3.8) is 0 Å². The lowest BCUT2D eigenvalue weighted by Crippen LogP contribution is -2.39. The van der Waals surface area contributed by atoms with Gasteiger partial charge < -0.3 is 20.4 Å². The fourth-order valence-corrected chi connectivity index (χ4v) is 3.44. The molecule has 0 bridgehead atoms. The Morgan fingerprint density at radius 3 is 2.31 bits per heavy atom. The number of amides is 4. The van der Waals surface area contributed by atoms with E-state index in [0.717, 1.165) is 5.56 Å². The first-order valence-corrected chi connectivity index (χ1v) is 11.3. The van der Waals surface area contributed by atoms with Gasteiger partial charge in [0.2, 0.25) is 0 Å². The molecule has 0 aliphatic heterocycles. The molecule has 36 heavy (non-hydrogen) atoms. The summed E-state index contributed by atoms with van der Waals surface area (Å²) in [6, 6.07) is 16.3. The van der Waals surface area contributed by atoms with E-state index < -0.39 is 23.6 Å². The van der Waals surface area contributed by atoms with Crippen LogP contribution < -0.4 is 21.4 Å². The summed E-state index contributed by atoms with van der Waals surface area (Å²) in [5, 5.41) is 11.7. The van der Waals surface area contributed by atoms with Gasteiger partial charge in [0.15, 0.2) is 0 Å². The summed E-state index contributed by atoms with van der Waals surface area (Å²) in [6.07, 6.45) is 1.19. The molecule has 2 aromatic carbocycles. The largest absolute Gasteiger partial charge is 0.458 e. The van der Waals surface area contributed by atoms with Gasteiger partial charge in [-0.25, -0.2) is 5.43 Å². The van der Waals surface area contributed by atoms with E-state index in [0.29, 0.717) is 15.8 Å². The van der Waals surface area contributed by atoms with E-state index in [4.69, 9.17) is 27.6 Å². The summed E-state index contributed by atoms with van der Waals surface area (Å²) in [4.78, 5) is 48.0. The smallest absolute Gasteiger partial charge is 0.329 e. The number of nitrogens with one attached hydrogen (secondary N) is 4. The second kappa shape index (κ2) is 12.5. The number of hydrazone groups is 1. The fourth-order valence-electron chi connectivity index (χ4n) is 2.91. The number of rotatable bonds is 7. The number of hydrogen-bond donors (Lipinski definition) is 4. The molecule has 0 saturated carbocycles. The fraction of sp³-hybridized carbons (Fsp3) is 0.125. The maximum atomic E-state index is 12.0. The first-order valence-electron chi connectivity index (χ1n) is 10.5. The molecule has 0 spiro atoms. The normalized spacial score (nSPS) is 11.5. The lowest BCUT2D eigenvalue weighted by molar-refractivity contribution is -0.139. The molecule has 0 fully saturated rings. The lowest BCUT2D eigenvalue weighted by atomic mass is 10.1. The number of hydrogen-bond acceptors (Lipinski definition) is 6. The number of carbonyl (C=O) groups is 4. The predicted molar refractivity (Wildman–Crippen MR) is 134 cm³/mol. The third-order valence-electron chi connectivity index (χ3n) is 4.64. The molecule has 0 aliphatic carbocycles. The van der Waals surface area contributed by atoms with E-state index in [1.807, 2.05) is 30.3 Å². The van der Waals surface area contributed by atoms with Crippen molar-refractivity contribution < 1.29 is 23.6 Å². The Morgan fingerprint density at radius 1 is 0.917 bits per heavy atom. The standard InChI is InChI=1S/C24H21Cl2N5O5/c1-14(15-5-3-2-4-6-15)29-23(34)24(35)31-28-13-20-8-7-19(36-20)12-27-21(32)22(33)30-18-10-16(25)9-17(26)11-18/h2-11,13-14H,12H2,1H3,(H,27,32)(H,29,34)(H,30,33)(H,31,35)/b28-13+/t14-/m1/s1. The molecule has 4 N–H and O–H groups in total. The molecule has 3 rings (SSSR count). The molecule has 10 nitrogen and oxygen atoms in total. The highest BCUT2D eigenvalue weighted by molar-refractivity contribution is 6.40. The van der Waals surface area contributed by atoms with E-state index >= 15 is 0 Å². The van der Waals surface area contributed by atoms with Crippen molar-refractivity contribution in [3.8, 4) is 0 Å². The summed E-state index contributed by atoms with van der Waals surface area (Å²) in [5.41, 5.74) is 3.23. The molecule has 4 amide bonds. The molecule has 1 aromatic heterocycles. The third kappa shape index (κ3) is 7.97. The van der Waals surface area contributed by atoms with Gasteiger partial charge >= 0.3 is 23.6 Å². The number of nitrogens with zero attached hydrogens (tertiary/aromatic N) is 1. The van der Waals surface area contributed by atoms with Gasteiger partial charge in [-0.3, -0.25) is 19.2 Å². The molecule has 0 saturated heterocycles. The van der Waals surface area contributed by atoms with E-state index in [-0.39, 0.29) is 24.0 Å². The molecule has 0 radical (unpaired) electrons. The van der Waals surface area contributed by atoms with Gasteiger partial charge in [-0.1, -0.05) is 53.5 Å². The molecule has 3 aromatic rings. The Hall–Kier alpha value is -4.15. The van der Waals surface area contributed by atoms with Crippen LogP contribution in [0, 0.1) is 0 Å². The zero-order valence-electron chi connectivity index (χ0n) is 18.9. The Balaban J connectivity index is 1.43. The number of furan rings is 1. The highest BCUT2D eigenvalue weighted by Gasteiger charge is 2.17. The molecule has 186 valence electrons. The summed E-state index contributed by atoms with van der Waals surface area (Å²) in [6.45, 7) is 1.67. The maximum absolute atomic E-state index is 12.0. The average Bonchev–Trinajstić information content (AvgIpc) is 3.29. The van der Waals surface area contributed by atoms with Crippen molar-refractivity contribution in [2.45, 2.75) is 19.5 Å². The van der Waals surface area contributed by atoms with Crippen LogP contribution in [0.15, 0.2) is 70.2 Å². The van der Waals surface area contributed by atoms with E-state index in [1.165, 1.54) is 30.5 Å². The topological polar surface area (TPSA) is 142 Å². The lowest BCUT2D eigenvalue weighted by Gasteiger charge is -2.13. The minimum Gasteiger partial charge on any atom is -0.458 e. The molecule has 0 aliphatic rings. The van der Waals surface area contributed by atoms with Crippen molar-refractivity contribution in [2.24, 2.45) is 5.10 Å². The maximum Gasteiger partial charge on any atom is 0.329 e. The van der Waals surface area contributed by atoms with E-state index in [9.17, 15) is 19.2 Å². The number of benzene rings is 2. The van der Waals surface area contributed by atoms with Crippen molar-refractivity contribution in [2.75, 3.05) is 5.32 Å². The predicted octanol–water partition coefficient (Wildman–Crippen LogP) is 3.17. The summed E-state index contributed by atoms with van der Waals surface area (Å²) >= 11 is 11.7. The SMILES string of the molecule is C[C@@H](NC(=O)C(=O)N/N=C/c1ccc(CNC(=O)C(=O)Nc2cc(Cl)cc(Cl)c2)o1)c1ccccc1. The summed E-state index contributed by atoms with van der Waals surface area (Å²) in [5.74, 6) is -3.03. The summed E-state index contributed by atoms with van der Waals surface area (Å²) in [7, 11) is 0. The molecule has 1 heterocycles. The number of halogens is 2. The van der Waals surface area contributed by atoms with E-state index in [1.54, 1.807) is 13.0 Å². The Morgan fingerprint density at radius 2 is 1.61 bits per heavy atom. The first-order chi connectivity index (χ1) is 17.2. The minimum absolute atomic E-state index is 0.0808. The van der Waals surface area contributed by atoms with Crippen LogP contribution in [0.25, 0.3) is 0 Å². The quantitative estimate of drug-likeness (QED) is 0.211. The monoisotopic (exact) mass is 529 g/mol. The second-order valence-corrected chi connectivity index (χ2v) is 8.28. The number of anilines is 1. The van der Waals surface area contributed by atoms with Gasteiger partial charge in [-0.15, -0.1) is 0 Å². The molecular weight excluding hydrogens is 509 g/mol. The van der Waals surface area contributed by atoms with Crippen LogP contribution in [-0.2, 0) is 25.7 Å². The van der Waals surface area contributed by atoms with Gasteiger partial charge in [-0.2, -0.15) is 5.10 Å². The van der Waals surface area contributed by atoms with Crippen LogP contribution in [0.2, 0.25) is 10.0 Å². The van der Waals surface area contributed by atoms with E-state index in [2.05, 4.69) is 26.5 Å². The van der Waals surface area contributed by atoms with Crippen molar-refractivity contribution in [1.82, 2.24) is 16.1 Å². The van der Waals surface area contributed by atoms with Gasteiger partial charge in [0.1, 0.15) is 11.5 Å².